The topological polar surface area (TPSA) is 84.9 Å². The van der Waals surface area contributed by atoms with E-state index in [0.29, 0.717) is 5.75 Å². The van der Waals surface area contributed by atoms with Gasteiger partial charge in [-0.1, -0.05) is 12.1 Å². The molecule has 2 rings (SSSR count). The molecular formula is C17H22N2O5. The molecule has 0 aliphatic carbocycles. The molecule has 1 unspecified atom stereocenters. The number of amides is 2. The van der Waals surface area contributed by atoms with Crippen molar-refractivity contribution in [2.24, 2.45) is 5.92 Å². The third kappa shape index (κ3) is 3.84. The van der Waals surface area contributed by atoms with Crippen LogP contribution in [0.5, 0.6) is 5.75 Å². The molecule has 1 N–H and O–H groups in total. The van der Waals surface area contributed by atoms with Gasteiger partial charge in [0.2, 0.25) is 5.91 Å². The van der Waals surface area contributed by atoms with E-state index in [2.05, 4.69) is 10.2 Å². The van der Waals surface area contributed by atoms with E-state index in [1.165, 1.54) is 7.11 Å². The van der Waals surface area contributed by atoms with Crippen molar-refractivity contribution in [2.45, 2.75) is 27.2 Å². The summed E-state index contributed by atoms with van der Waals surface area (Å²) in [6.45, 7) is 5.65. The Bertz CT molecular complexity index is 671. The van der Waals surface area contributed by atoms with Crippen molar-refractivity contribution in [2.75, 3.05) is 20.3 Å². The summed E-state index contributed by atoms with van der Waals surface area (Å²) in [5, 5.41) is 1.12. The maximum Gasteiger partial charge on any atom is 0.311 e. The molecule has 0 radical (unpaired) electrons. The second kappa shape index (κ2) is 7.33. The van der Waals surface area contributed by atoms with E-state index in [-0.39, 0.29) is 19.6 Å². The third-order valence-electron chi connectivity index (χ3n) is 4.14. The summed E-state index contributed by atoms with van der Waals surface area (Å²) < 4.78 is 10.3. The molecule has 24 heavy (non-hydrogen) atoms. The van der Waals surface area contributed by atoms with Gasteiger partial charge in [0.15, 0.2) is 6.61 Å². The minimum atomic E-state index is -0.657. The number of hydrogen-bond acceptors (Lipinski definition) is 5. The Morgan fingerprint density at radius 3 is 2.58 bits per heavy atom. The zero-order chi connectivity index (χ0) is 17.9. The van der Waals surface area contributed by atoms with Gasteiger partial charge in [0, 0.05) is 6.42 Å². The summed E-state index contributed by atoms with van der Waals surface area (Å²) in [6, 6.07) is 3.92. The Balaban J connectivity index is 2.03. The van der Waals surface area contributed by atoms with E-state index in [9.17, 15) is 14.4 Å². The van der Waals surface area contributed by atoms with Crippen LogP contribution < -0.4 is 10.2 Å². The van der Waals surface area contributed by atoms with Crippen LogP contribution in [0.25, 0.3) is 0 Å². The fourth-order valence-electron chi connectivity index (χ4n) is 2.60. The number of benzene rings is 1. The number of methoxy groups -OCH3 is 1. The maximum atomic E-state index is 12.3. The fourth-order valence-corrected chi connectivity index (χ4v) is 2.60. The molecule has 2 amide bonds. The number of esters is 1. The number of nitrogens with one attached hydrogen (secondary N) is 1. The first-order chi connectivity index (χ1) is 11.3. The van der Waals surface area contributed by atoms with Crippen LogP contribution in [0, 0.1) is 26.7 Å². The fraction of sp³-hybridized carbons (Fsp3) is 0.471. The predicted octanol–water partition coefficient (Wildman–Crippen LogP) is 1.04. The Labute approximate surface area is 140 Å². The number of hydrazine groups is 1. The Morgan fingerprint density at radius 1 is 1.25 bits per heavy atom. The van der Waals surface area contributed by atoms with E-state index < -0.39 is 23.7 Å². The minimum Gasteiger partial charge on any atom is -0.483 e. The Morgan fingerprint density at radius 2 is 1.92 bits per heavy atom. The average molecular weight is 334 g/mol. The molecule has 7 nitrogen and oxygen atoms in total. The number of aryl methyl sites for hydroxylation is 2. The van der Waals surface area contributed by atoms with Crippen LogP contribution in [0.3, 0.4) is 0 Å². The Kier molecular flexibility index (Phi) is 5.43. The molecule has 1 saturated heterocycles. The van der Waals surface area contributed by atoms with Crippen LogP contribution in [-0.2, 0) is 19.1 Å². The second-order valence-electron chi connectivity index (χ2n) is 5.91. The van der Waals surface area contributed by atoms with Crippen molar-refractivity contribution < 1.29 is 23.9 Å². The largest absolute Gasteiger partial charge is 0.483 e. The molecule has 0 aromatic heterocycles. The van der Waals surface area contributed by atoms with E-state index in [1.807, 2.05) is 32.9 Å². The van der Waals surface area contributed by atoms with Gasteiger partial charge < -0.3 is 9.47 Å². The highest BCUT2D eigenvalue weighted by Crippen LogP contribution is 2.25. The predicted molar refractivity (Wildman–Crippen MR) is 86.1 cm³/mol. The summed E-state index contributed by atoms with van der Waals surface area (Å²) in [6.07, 6.45) is 0.00735. The molecule has 1 aromatic rings. The summed E-state index contributed by atoms with van der Waals surface area (Å²) in [7, 11) is 1.26. The van der Waals surface area contributed by atoms with Crippen LogP contribution in [0.2, 0.25) is 0 Å². The molecule has 1 aliphatic heterocycles. The number of carbonyl (C=O) groups excluding carboxylic acids is 3. The highest BCUT2D eigenvalue weighted by atomic mass is 16.5. The van der Waals surface area contributed by atoms with Crippen LogP contribution >= 0.6 is 0 Å². The zero-order valence-corrected chi connectivity index (χ0v) is 14.3. The van der Waals surface area contributed by atoms with Crippen molar-refractivity contribution in [3.8, 4) is 5.75 Å². The van der Waals surface area contributed by atoms with Crippen LogP contribution in [0.15, 0.2) is 12.1 Å². The molecule has 7 heteroatoms. The molecule has 1 aliphatic rings. The normalized spacial score (nSPS) is 17.2. The van der Waals surface area contributed by atoms with Crippen LogP contribution in [-0.4, -0.2) is 43.1 Å². The molecule has 0 spiro atoms. The van der Waals surface area contributed by atoms with Gasteiger partial charge in [-0.15, -0.1) is 0 Å². The zero-order valence-electron chi connectivity index (χ0n) is 14.3. The third-order valence-corrected chi connectivity index (χ3v) is 4.14. The first-order valence-electron chi connectivity index (χ1n) is 7.70. The second-order valence-corrected chi connectivity index (χ2v) is 5.91. The SMILES string of the molecule is COC(=O)C1CC(=O)NN(C(=O)COc2c(C)ccc(C)c2C)C1. The number of hydrogen-bond donors (Lipinski definition) is 1. The highest BCUT2D eigenvalue weighted by Gasteiger charge is 2.33. The monoisotopic (exact) mass is 334 g/mol. The number of ether oxygens (including phenoxy) is 2. The van der Waals surface area contributed by atoms with Crippen molar-refractivity contribution in [3.63, 3.8) is 0 Å². The van der Waals surface area contributed by atoms with Gasteiger partial charge in [0.05, 0.1) is 19.6 Å². The van der Waals surface area contributed by atoms with Gasteiger partial charge >= 0.3 is 5.97 Å². The first-order valence-corrected chi connectivity index (χ1v) is 7.70. The summed E-state index contributed by atoms with van der Waals surface area (Å²) in [5.41, 5.74) is 5.43. The van der Waals surface area contributed by atoms with Gasteiger partial charge in [-0.25, -0.2) is 0 Å². The smallest absolute Gasteiger partial charge is 0.311 e. The van der Waals surface area contributed by atoms with E-state index in [0.717, 1.165) is 21.7 Å². The molecule has 0 saturated carbocycles. The number of carbonyl (C=O) groups is 3. The summed E-state index contributed by atoms with van der Waals surface area (Å²) in [4.78, 5) is 35.6. The molecule has 130 valence electrons. The van der Waals surface area contributed by atoms with Crippen molar-refractivity contribution in [3.05, 3.63) is 28.8 Å². The quantitative estimate of drug-likeness (QED) is 0.832. The van der Waals surface area contributed by atoms with Crippen LogP contribution in [0.1, 0.15) is 23.1 Å². The molecule has 1 heterocycles. The standard InChI is InChI=1S/C17H22N2O5/c1-10-5-6-11(2)16(12(10)3)24-9-15(21)19-8-13(17(22)23-4)7-14(20)18-19/h5-6,13H,7-9H2,1-4H3,(H,18,20). The maximum absolute atomic E-state index is 12.3. The lowest BCUT2D eigenvalue weighted by molar-refractivity contribution is -0.157. The Hall–Kier alpha value is -2.57. The van der Waals surface area contributed by atoms with E-state index in [4.69, 9.17) is 4.74 Å². The molecule has 0 bridgehead atoms. The molecule has 1 atom stereocenters. The molecule has 1 aromatic carbocycles. The number of rotatable bonds is 4. The van der Waals surface area contributed by atoms with Crippen LogP contribution in [0.4, 0.5) is 0 Å². The van der Waals surface area contributed by atoms with Gasteiger partial charge in [-0.05, 0) is 37.5 Å². The molecular weight excluding hydrogens is 312 g/mol. The van der Waals surface area contributed by atoms with Gasteiger partial charge in [-0.2, -0.15) is 0 Å². The first kappa shape index (κ1) is 17.8. The van der Waals surface area contributed by atoms with E-state index in [1.54, 1.807) is 0 Å². The van der Waals surface area contributed by atoms with E-state index >= 15 is 0 Å². The number of nitrogens with zero attached hydrogens (tertiary/aromatic N) is 1. The van der Waals surface area contributed by atoms with Crippen molar-refractivity contribution in [1.82, 2.24) is 10.4 Å². The van der Waals surface area contributed by atoms with Gasteiger partial charge in [0.25, 0.3) is 5.91 Å². The van der Waals surface area contributed by atoms with Crippen molar-refractivity contribution in [1.29, 1.82) is 0 Å². The minimum absolute atomic E-state index is 0.00735. The van der Waals surface area contributed by atoms with Gasteiger partial charge in [0.1, 0.15) is 5.75 Å². The lowest BCUT2D eigenvalue weighted by atomic mass is 10.0. The lowest BCUT2D eigenvalue weighted by Gasteiger charge is -2.31. The molecule has 1 fully saturated rings. The highest BCUT2D eigenvalue weighted by molar-refractivity contribution is 5.88. The van der Waals surface area contributed by atoms with Crippen molar-refractivity contribution >= 4 is 17.8 Å². The average Bonchev–Trinajstić information content (AvgIpc) is 2.56. The summed E-state index contributed by atoms with van der Waals surface area (Å²) in [5.74, 6) is -1.31. The summed E-state index contributed by atoms with van der Waals surface area (Å²) >= 11 is 0. The van der Waals surface area contributed by atoms with Gasteiger partial charge in [-0.3, -0.25) is 24.8 Å². The lowest BCUT2D eigenvalue weighted by Crippen LogP contribution is -2.55.